The molecule has 146 valence electrons. The van der Waals surface area contributed by atoms with E-state index >= 15 is 0 Å². The van der Waals surface area contributed by atoms with Crippen molar-refractivity contribution in [2.45, 2.75) is 13.8 Å². The number of aryl methyl sites for hydroxylation is 1. The molecule has 4 rings (SSSR count). The minimum Gasteiger partial charge on any atom is -0.493 e. The number of amides is 1. The lowest BCUT2D eigenvalue weighted by atomic mass is 10.0. The molecule has 0 radical (unpaired) electrons. The van der Waals surface area contributed by atoms with Crippen LogP contribution in [0, 0.1) is 6.92 Å². The third kappa shape index (κ3) is 4.16. The van der Waals surface area contributed by atoms with Crippen LogP contribution in [0.3, 0.4) is 0 Å². The van der Waals surface area contributed by atoms with E-state index in [0.29, 0.717) is 21.7 Å². The van der Waals surface area contributed by atoms with E-state index in [9.17, 15) is 4.79 Å². The number of halogens is 1. The van der Waals surface area contributed by atoms with E-state index in [-0.39, 0.29) is 5.91 Å². The highest BCUT2D eigenvalue weighted by atomic mass is 35.5. The van der Waals surface area contributed by atoms with E-state index in [0.717, 1.165) is 33.3 Å². The molecule has 1 fully saturated rings. The quantitative estimate of drug-likeness (QED) is 0.517. The topological polar surface area (TPSA) is 50.7 Å². The smallest absolute Gasteiger partial charge is 0.264 e. The maximum atomic E-state index is 12.6. The minimum absolute atomic E-state index is 0.171. The van der Waals surface area contributed by atoms with Gasteiger partial charge in [0.05, 0.1) is 17.2 Å². The molecule has 1 aliphatic rings. The van der Waals surface area contributed by atoms with Crippen LogP contribution < -0.4 is 10.1 Å². The fourth-order valence-electron chi connectivity index (χ4n) is 3.17. The molecule has 0 atom stereocenters. The van der Waals surface area contributed by atoms with Gasteiger partial charge in [0.15, 0.2) is 5.17 Å². The molecule has 6 heteroatoms. The van der Waals surface area contributed by atoms with Gasteiger partial charge >= 0.3 is 0 Å². The predicted octanol–water partition coefficient (Wildman–Crippen LogP) is 6.09. The molecule has 0 saturated carbocycles. The molecule has 1 N–H and O–H groups in total. The molecule has 0 aromatic heterocycles. The van der Waals surface area contributed by atoms with Gasteiger partial charge in [-0.2, -0.15) is 0 Å². The van der Waals surface area contributed by atoms with Crippen molar-refractivity contribution in [3.63, 3.8) is 0 Å². The highest BCUT2D eigenvalue weighted by molar-refractivity contribution is 8.18. The summed E-state index contributed by atoms with van der Waals surface area (Å²) in [4.78, 5) is 17.7. The highest BCUT2D eigenvalue weighted by Gasteiger charge is 2.25. The summed E-state index contributed by atoms with van der Waals surface area (Å²) in [6, 6.07) is 17.5. The molecule has 1 amide bonds. The van der Waals surface area contributed by atoms with Gasteiger partial charge in [0, 0.05) is 10.6 Å². The second-order valence-electron chi connectivity index (χ2n) is 6.54. The van der Waals surface area contributed by atoms with Crippen molar-refractivity contribution in [2.75, 3.05) is 6.61 Å². The van der Waals surface area contributed by atoms with Crippen LogP contribution in [0.1, 0.15) is 18.1 Å². The lowest BCUT2D eigenvalue weighted by molar-refractivity contribution is -0.115. The molecule has 3 aromatic rings. The van der Waals surface area contributed by atoms with Crippen LogP contribution >= 0.6 is 23.4 Å². The second-order valence-corrected chi connectivity index (χ2v) is 8.01. The molecular formula is C23H19ClN2O2S. The van der Waals surface area contributed by atoms with E-state index in [1.165, 1.54) is 11.8 Å². The second kappa shape index (κ2) is 8.31. The third-order valence-electron chi connectivity index (χ3n) is 4.54. The van der Waals surface area contributed by atoms with Gasteiger partial charge in [-0.1, -0.05) is 41.9 Å². The monoisotopic (exact) mass is 422 g/mol. The van der Waals surface area contributed by atoms with Gasteiger partial charge in [-0.05, 0) is 72.3 Å². The van der Waals surface area contributed by atoms with E-state index in [1.807, 2.05) is 68.5 Å². The first-order valence-electron chi connectivity index (χ1n) is 9.25. The fraction of sp³-hybridized carbons (Fsp3) is 0.130. The van der Waals surface area contributed by atoms with Crippen LogP contribution in [0.2, 0.25) is 5.02 Å². The Morgan fingerprint density at radius 2 is 2.00 bits per heavy atom. The zero-order valence-corrected chi connectivity index (χ0v) is 17.6. The van der Waals surface area contributed by atoms with Gasteiger partial charge in [0.25, 0.3) is 5.91 Å². The van der Waals surface area contributed by atoms with Gasteiger partial charge in [0.1, 0.15) is 5.75 Å². The number of benzene rings is 3. The number of nitrogens with one attached hydrogen (secondary N) is 1. The highest BCUT2D eigenvalue weighted by Crippen LogP contribution is 2.35. The Balaban J connectivity index is 1.73. The van der Waals surface area contributed by atoms with Crippen LogP contribution in [0.5, 0.6) is 5.75 Å². The molecule has 0 aliphatic carbocycles. The van der Waals surface area contributed by atoms with E-state index in [4.69, 9.17) is 16.3 Å². The van der Waals surface area contributed by atoms with Crippen molar-refractivity contribution < 1.29 is 9.53 Å². The van der Waals surface area contributed by atoms with Gasteiger partial charge in [-0.15, -0.1) is 0 Å². The summed E-state index contributed by atoms with van der Waals surface area (Å²) in [5.41, 5.74) is 2.62. The standard InChI is InChI=1S/C23H19ClN2O2S/c1-3-28-20-11-8-15-6-4-5-7-17(15)18(20)13-21-22(27)26-23(29-21)25-19-10-9-16(24)12-14(19)2/h4-13H,3H2,1-2H3,(H,25,26,27)/b21-13-. The Bertz CT molecular complexity index is 1170. The molecule has 1 saturated heterocycles. The van der Waals surface area contributed by atoms with Crippen molar-refractivity contribution in [3.05, 3.63) is 75.7 Å². The molecule has 0 unspecified atom stereocenters. The normalized spacial score (nSPS) is 16.6. The first-order chi connectivity index (χ1) is 14.0. The maximum absolute atomic E-state index is 12.6. The first-order valence-corrected chi connectivity index (χ1v) is 10.4. The van der Waals surface area contributed by atoms with Crippen LogP contribution in [-0.4, -0.2) is 17.7 Å². The Morgan fingerprint density at radius 1 is 1.17 bits per heavy atom. The number of ether oxygens (including phenoxy) is 1. The number of fused-ring (bicyclic) bond motifs is 1. The lowest BCUT2D eigenvalue weighted by Gasteiger charge is -2.11. The zero-order chi connectivity index (χ0) is 20.4. The van der Waals surface area contributed by atoms with Crippen LogP contribution in [-0.2, 0) is 4.79 Å². The van der Waals surface area contributed by atoms with Gasteiger partial charge in [-0.25, -0.2) is 4.99 Å². The van der Waals surface area contributed by atoms with Crippen molar-refractivity contribution in [3.8, 4) is 5.75 Å². The molecule has 1 aliphatic heterocycles. The number of carbonyl (C=O) groups is 1. The van der Waals surface area contributed by atoms with E-state index in [1.54, 1.807) is 6.07 Å². The Morgan fingerprint density at radius 3 is 2.79 bits per heavy atom. The number of carbonyl (C=O) groups excluding carboxylic acids is 1. The molecule has 4 nitrogen and oxygen atoms in total. The summed E-state index contributed by atoms with van der Waals surface area (Å²) in [6.07, 6.45) is 1.88. The van der Waals surface area contributed by atoms with Gasteiger partial charge < -0.3 is 10.1 Å². The minimum atomic E-state index is -0.171. The van der Waals surface area contributed by atoms with Crippen LogP contribution in [0.25, 0.3) is 16.8 Å². The van der Waals surface area contributed by atoms with E-state index < -0.39 is 0 Å². The average molecular weight is 423 g/mol. The third-order valence-corrected chi connectivity index (χ3v) is 5.68. The van der Waals surface area contributed by atoms with Gasteiger partial charge in [0.2, 0.25) is 0 Å². The zero-order valence-electron chi connectivity index (χ0n) is 16.0. The summed E-state index contributed by atoms with van der Waals surface area (Å²) in [6.45, 7) is 4.44. The molecule has 3 aromatic carbocycles. The molecule has 1 heterocycles. The van der Waals surface area contributed by atoms with Crippen molar-refractivity contribution in [1.29, 1.82) is 0 Å². The molecule has 29 heavy (non-hydrogen) atoms. The predicted molar refractivity (Wildman–Crippen MR) is 122 cm³/mol. The summed E-state index contributed by atoms with van der Waals surface area (Å²) >= 11 is 7.33. The Hall–Kier alpha value is -2.76. The number of aliphatic imine (C=N–C) groups is 1. The van der Waals surface area contributed by atoms with Crippen molar-refractivity contribution in [1.82, 2.24) is 5.32 Å². The van der Waals surface area contributed by atoms with Gasteiger partial charge in [-0.3, -0.25) is 4.79 Å². The number of amidine groups is 1. The number of rotatable bonds is 4. The largest absolute Gasteiger partial charge is 0.493 e. The number of hydrogen-bond donors (Lipinski definition) is 1. The average Bonchev–Trinajstić information content (AvgIpc) is 3.05. The molecule has 0 spiro atoms. The number of hydrogen-bond acceptors (Lipinski definition) is 4. The van der Waals surface area contributed by atoms with E-state index in [2.05, 4.69) is 10.3 Å². The SMILES string of the molecule is CCOc1ccc2ccccc2c1/C=C1\SC(=Nc2ccc(Cl)cc2C)NC1=O. The first kappa shape index (κ1) is 19.6. The Labute approximate surface area is 178 Å². The summed E-state index contributed by atoms with van der Waals surface area (Å²) in [5.74, 6) is 0.585. The van der Waals surface area contributed by atoms with Crippen LogP contribution in [0.15, 0.2) is 64.5 Å². The Kier molecular flexibility index (Phi) is 5.60. The van der Waals surface area contributed by atoms with Crippen molar-refractivity contribution >= 4 is 57.0 Å². The molecule has 0 bridgehead atoms. The van der Waals surface area contributed by atoms with Crippen molar-refractivity contribution in [2.24, 2.45) is 4.99 Å². The maximum Gasteiger partial charge on any atom is 0.264 e. The number of nitrogens with zero attached hydrogens (tertiary/aromatic N) is 1. The lowest BCUT2D eigenvalue weighted by Crippen LogP contribution is -2.19. The summed E-state index contributed by atoms with van der Waals surface area (Å²) in [7, 11) is 0. The fourth-order valence-corrected chi connectivity index (χ4v) is 4.21. The number of thioether (sulfide) groups is 1. The summed E-state index contributed by atoms with van der Waals surface area (Å²) in [5, 5.41) is 6.19. The summed E-state index contributed by atoms with van der Waals surface area (Å²) < 4.78 is 5.81. The molecular weight excluding hydrogens is 404 g/mol. The van der Waals surface area contributed by atoms with Crippen LogP contribution in [0.4, 0.5) is 5.69 Å².